The van der Waals surface area contributed by atoms with Gasteiger partial charge in [0.2, 0.25) is 5.78 Å². The van der Waals surface area contributed by atoms with Crippen LogP contribution in [0.1, 0.15) is 15.2 Å². The van der Waals surface area contributed by atoms with Crippen molar-refractivity contribution in [2.75, 3.05) is 12.0 Å². The number of benzene rings is 1. The summed E-state index contributed by atoms with van der Waals surface area (Å²) in [6.07, 6.45) is 1.08. The SMILES string of the molecule is CS(=O)(=O)c1cc(N)cc(C(=O)c2ccc(Br)s2)c1. The monoisotopic (exact) mass is 359 g/mol. The van der Waals surface area contributed by atoms with Crippen molar-refractivity contribution < 1.29 is 13.2 Å². The van der Waals surface area contributed by atoms with Gasteiger partial charge in [-0.05, 0) is 46.3 Å². The summed E-state index contributed by atoms with van der Waals surface area (Å²) in [6.45, 7) is 0. The molecule has 1 aromatic carbocycles. The lowest BCUT2D eigenvalue weighted by Crippen LogP contribution is -2.04. The number of rotatable bonds is 3. The summed E-state index contributed by atoms with van der Waals surface area (Å²) in [6, 6.07) is 7.62. The summed E-state index contributed by atoms with van der Waals surface area (Å²) < 4.78 is 23.9. The molecule has 0 unspecified atom stereocenters. The molecule has 0 aliphatic heterocycles. The fourth-order valence-corrected chi connectivity index (χ4v) is 3.59. The fourth-order valence-electron chi connectivity index (χ4n) is 1.55. The molecule has 2 rings (SSSR count). The number of nitrogens with two attached hydrogens (primary N) is 1. The van der Waals surface area contributed by atoms with Gasteiger partial charge in [0, 0.05) is 17.5 Å². The Kier molecular flexibility index (Phi) is 3.80. The van der Waals surface area contributed by atoms with Crippen molar-refractivity contribution in [2.45, 2.75) is 4.90 Å². The average Bonchev–Trinajstić information content (AvgIpc) is 2.73. The Hall–Kier alpha value is -1.18. The van der Waals surface area contributed by atoms with E-state index in [9.17, 15) is 13.2 Å². The molecule has 2 aromatic rings. The molecule has 0 saturated carbocycles. The molecule has 7 heteroatoms. The second-order valence-electron chi connectivity index (χ2n) is 4.00. The van der Waals surface area contributed by atoms with Gasteiger partial charge >= 0.3 is 0 Å². The highest BCUT2D eigenvalue weighted by atomic mass is 79.9. The van der Waals surface area contributed by atoms with Crippen LogP contribution in [-0.2, 0) is 9.84 Å². The molecule has 1 heterocycles. The van der Waals surface area contributed by atoms with Gasteiger partial charge in [-0.25, -0.2) is 8.42 Å². The van der Waals surface area contributed by atoms with Crippen molar-refractivity contribution in [3.63, 3.8) is 0 Å². The standard InChI is InChI=1S/C12H10BrNO3S2/c1-19(16,17)9-5-7(4-8(14)6-9)12(15)10-2-3-11(13)18-10/h2-6H,14H2,1H3. The zero-order chi connectivity index (χ0) is 14.2. The minimum Gasteiger partial charge on any atom is -0.399 e. The molecule has 0 atom stereocenters. The van der Waals surface area contributed by atoms with Crippen molar-refractivity contribution in [3.05, 3.63) is 44.6 Å². The van der Waals surface area contributed by atoms with E-state index in [2.05, 4.69) is 15.9 Å². The van der Waals surface area contributed by atoms with Gasteiger partial charge in [0.25, 0.3) is 0 Å². The molecule has 0 bridgehead atoms. The molecular formula is C12H10BrNO3S2. The minimum absolute atomic E-state index is 0.0477. The second kappa shape index (κ2) is 5.07. The van der Waals surface area contributed by atoms with E-state index in [4.69, 9.17) is 5.73 Å². The van der Waals surface area contributed by atoms with Crippen LogP contribution >= 0.6 is 27.3 Å². The molecule has 0 aliphatic rings. The highest BCUT2D eigenvalue weighted by Crippen LogP contribution is 2.26. The molecule has 0 aliphatic carbocycles. The number of carbonyl (C=O) groups excluding carboxylic acids is 1. The number of anilines is 1. The van der Waals surface area contributed by atoms with Crippen molar-refractivity contribution >= 4 is 48.6 Å². The number of sulfone groups is 1. The smallest absolute Gasteiger partial charge is 0.203 e. The molecule has 0 radical (unpaired) electrons. The number of nitrogen functional groups attached to an aromatic ring is 1. The third-order valence-electron chi connectivity index (χ3n) is 2.42. The highest BCUT2D eigenvalue weighted by molar-refractivity contribution is 9.11. The fraction of sp³-hybridized carbons (Fsp3) is 0.0833. The summed E-state index contributed by atoms with van der Waals surface area (Å²) in [5.74, 6) is -0.243. The van der Waals surface area contributed by atoms with E-state index in [-0.39, 0.29) is 21.9 Å². The van der Waals surface area contributed by atoms with Gasteiger partial charge in [0.05, 0.1) is 13.6 Å². The van der Waals surface area contributed by atoms with Gasteiger partial charge in [-0.1, -0.05) is 0 Å². The molecule has 0 fully saturated rings. The number of ketones is 1. The lowest BCUT2D eigenvalue weighted by Gasteiger charge is -2.04. The number of thiophene rings is 1. The van der Waals surface area contributed by atoms with Gasteiger partial charge in [-0.15, -0.1) is 11.3 Å². The maximum Gasteiger partial charge on any atom is 0.203 e. The number of carbonyl (C=O) groups is 1. The molecule has 19 heavy (non-hydrogen) atoms. The Labute approximate surface area is 123 Å². The quantitative estimate of drug-likeness (QED) is 0.675. The summed E-state index contributed by atoms with van der Waals surface area (Å²) in [7, 11) is -3.40. The van der Waals surface area contributed by atoms with Gasteiger partial charge in [-0.2, -0.15) is 0 Å². The number of hydrogen-bond acceptors (Lipinski definition) is 5. The Morgan fingerprint density at radius 2 is 1.95 bits per heavy atom. The Balaban J connectivity index is 2.52. The van der Waals surface area contributed by atoms with E-state index in [0.717, 1.165) is 10.0 Å². The topological polar surface area (TPSA) is 77.2 Å². The second-order valence-corrected chi connectivity index (χ2v) is 8.47. The van der Waals surface area contributed by atoms with Crippen molar-refractivity contribution in [1.82, 2.24) is 0 Å². The largest absolute Gasteiger partial charge is 0.399 e. The normalized spacial score (nSPS) is 11.5. The predicted octanol–water partition coefficient (Wildman–Crippen LogP) is 2.73. The molecule has 0 amide bonds. The third kappa shape index (κ3) is 3.23. The molecule has 100 valence electrons. The van der Waals surface area contributed by atoms with Crippen molar-refractivity contribution in [1.29, 1.82) is 0 Å². The summed E-state index contributed by atoms with van der Waals surface area (Å²) in [5.41, 5.74) is 6.18. The van der Waals surface area contributed by atoms with Crippen LogP contribution in [0.3, 0.4) is 0 Å². The Bertz CT molecular complexity index is 750. The lowest BCUT2D eigenvalue weighted by molar-refractivity contribution is 0.104. The van der Waals surface area contributed by atoms with Gasteiger partial charge in [-0.3, -0.25) is 4.79 Å². The van der Waals surface area contributed by atoms with Crippen LogP contribution in [0.5, 0.6) is 0 Å². The molecular weight excluding hydrogens is 350 g/mol. The molecule has 2 N–H and O–H groups in total. The first-order valence-corrected chi connectivity index (χ1v) is 8.68. The number of hydrogen-bond donors (Lipinski definition) is 1. The van der Waals surface area contributed by atoms with Gasteiger partial charge < -0.3 is 5.73 Å². The molecule has 0 spiro atoms. The van der Waals surface area contributed by atoms with E-state index < -0.39 is 9.84 Å². The van der Waals surface area contributed by atoms with Crippen LogP contribution in [0, 0.1) is 0 Å². The van der Waals surface area contributed by atoms with E-state index in [1.54, 1.807) is 12.1 Å². The van der Waals surface area contributed by atoms with Crippen LogP contribution < -0.4 is 5.73 Å². The molecule has 0 saturated heterocycles. The first-order chi connectivity index (χ1) is 8.77. The summed E-state index contributed by atoms with van der Waals surface area (Å²) >= 11 is 4.57. The molecule has 4 nitrogen and oxygen atoms in total. The number of halogens is 1. The van der Waals surface area contributed by atoms with Gasteiger partial charge in [0.1, 0.15) is 0 Å². The third-order valence-corrected chi connectivity index (χ3v) is 5.13. The minimum atomic E-state index is -3.40. The van der Waals surface area contributed by atoms with Gasteiger partial charge in [0.15, 0.2) is 9.84 Å². The van der Waals surface area contributed by atoms with E-state index in [1.165, 1.54) is 29.5 Å². The van der Waals surface area contributed by atoms with Crippen LogP contribution in [0.15, 0.2) is 39.0 Å². The van der Waals surface area contributed by atoms with Crippen LogP contribution in [0.4, 0.5) is 5.69 Å². The maximum atomic E-state index is 12.2. The molecule has 1 aromatic heterocycles. The Morgan fingerprint density at radius 1 is 1.26 bits per heavy atom. The van der Waals surface area contributed by atoms with Crippen LogP contribution in [-0.4, -0.2) is 20.5 Å². The van der Waals surface area contributed by atoms with Crippen molar-refractivity contribution in [2.24, 2.45) is 0 Å². The zero-order valence-corrected chi connectivity index (χ0v) is 13.1. The average molecular weight is 360 g/mol. The Morgan fingerprint density at radius 3 is 2.47 bits per heavy atom. The van der Waals surface area contributed by atoms with E-state index in [0.29, 0.717) is 4.88 Å². The predicted molar refractivity (Wildman–Crippen MR) is 79.4 cm³/mol. The van der Waals surface area contributed by atoms with E-state index >= 15 is 0 Å². The highest BCUT2D eigenvalue weighted by Gasteiger charge is 2.16. The van der Waals surface area contributed by atoms with Crippen LogP contribution in [0.25, 0.3) is 0 Å². The first-order valence-electron chi connectivity index (χ1n) is 5.18. The van der Waals surface area contributed by atoms with Crippen molar-refractivity contribution in [3.8, 4) is 0 Å². The first kappa shape index (κ1) is 14.2. The maximum absolute atomic E-state index is 12.2. The van der Waals surface area contributed by atoms with E-state index in [1.807, 2.05) is 0 Å². The van der Waals surface area contributed by atoms with Crippen LogP contribution in [0.2, 0.25) is 0 Å². The lowest BCUT2D eigenvalue weighted by atomic mass is 10.1. The summed E-state index contributed by atoms with van der Waals surface area (Å²) in [4.78, 5) is 12.8. The zero-order valence-electron chi connectivity index (χ0n) is 9.88. The summed E-state index contributed by atoms with van der Waals surface area (Å²) in [5, 5.41) is 0.